The van der Waals surface area contributed by atoms with E-state index in [9.17, 15) is 44.7 Å². The summed E-state index contributed by atoms with van der Waals surface area (Å²) >= 11 is 0. The van der Waals surface area contributed by atoms with Gasteiger partial charge >= 0.3 is 17.9 Å². The standard InChI is InChI=1S/C48H73NO12/c1-27(17-20-35(52)44(5,6)57)30-21-22-47(9)31-18-19-34-43(3,4)41(33(51)24-46(34,8)32(31)23-36(53)48(30,47)10)61-38(55)26-45(7,58)25-37(54)49-39(42(56)59-11)40(60-28(2)50)29-15-13-12-14-16-29/h12-16,27,30,33-36,39-41,51-53,57-58H,17-26H2,1-11H3,(H,49,54). The molecule has 0 radical (unpaired) electrons. The van der Waals surface area contributed by atoms with Crippen LogP contribution in [-0.4, -0.2) is 98.1 Å². The third-order valence-corrected chi connectivity index (χ3v) is 16.0. The lowest BCUT2D eigenvalue weighted by molar-refractivity contribution is -0.198. The first-order valence-corrected chi connectivity index (χ1v) is 22.1. The van der Waals surface area contributed by atoms with Crippen molar-refractivity contribution in [3.05, 3.63) is 47.0 Å². The van der Waals surface area contributed by atoms with Crippen LogP contribution < -0.4 is 5.32 Å². The van der Waals surface area contributed by atoms with Crippen LogP contribution in [0.2, 0.25) is 0 Å². The quantitative estimate of drug-likeness (QED) is 0.0721. The van der Waals surface area contributed by atoms with E-state index in [2.05, 4.69) is 33.0 Å². The van der Waals surface area contributed by atoms with Gasteiger partial charge < -0.3 is 45.1 Å². The van der Waals surface area contributed by atoms with Crippen LogP contribution in [0, 0.1) is 39.4 Å². The first kappa shape index (κ1) is 48.7. The summed E-state index contributed by atoms with van der Waals surface area (Å²) in [5.41, 5.74) is -1.92. The van der Waals surface area contributed by atoms with E-state index in [4.69, 9.17) is 14.2 Å². The largest absolute Gasteiger partial charge is 0.467 e. The number of carbonyl (C=O) groups is 4. The van der Waals surface area contributed by atoms with E-state index in [1.54, 1.807) is 44.2 Å². The fraction of sp³-hybridized carbons (Fsp3) is 0.750. The number of methoxy groups -OCH3 is 1. The van der Waals surface area contributed by atoms with Crippen LogP contribution >= 0.6 is 0 Å². The molecule has 0 heterocycles. The SMILES string of the molecule is COC(=O)C(NC(=O)CC(C)(O)CC(=O)OC1C(O)CC2(C)C3=C(CCC2C1(C)C)C1(C)CCC(C(C)CCC(O)C(C)(C)O)C1(C)C(O)C3)C(OC(C)=O)c1ccccc1. The molecule has 0 spiro atoms. The molecule has 342 valence electrons. The van der Waals surface area contributed by atoms with Gasteiger partial charge in [-0.3, -0.25) is 14.4 Å². The Morgan fingerprint density at radius 2 is 1.57 bits per heavy atom. The second kappa shape index (κ2) is 17.7. The summed E-state index contributed by atoms with van der Waals surface area (Å²) in [6, 6.07) is 6.93. The predicted octanol–water partition coefficient (Wildman–Crippen LogP) is 5.63. The monoisotopic (exact) mass is 856 g/mol. The van der Waals surface area contributed by atoms with Gasteiger partial charge in [-0.2, -0.15) is 0 Å². The minimum absolute atomic E-state index is 0.00382. The van der Waals surface area contributed by atoms with Gasteiger partial charge in [0, 0.05) is 17.8 Å². The van der Waals surface area contributed by atoms with E-state index in [1.165, 1.54) is 25.0 Å². The van der Waals surface area contributed by atoms with E-state index in [0.29, 0.717) is 24.8 Å². The fourth-order valence-electron chi connectivity index (χ4n) is 12.6. The third-order valence-electron chi connectivity index (χ3n) is 16.0. The van der Waals surface area contributed by atoms with Crippen molar-refractivity contribution >= 4 is 23.8 Å². The zero-order chi connectivity index (χ0) is 45.7. The van der Waals surface area contributed by atoms with Crippen molar-refractivity contribution < 1.29 is 58.9 Å². The van der Waals surface area contributed by atoms with E-state index in [-0.39, 0.29) is 23.2 Å². The molecule has 61 heavy (non-hydrogen) atoms. The van der Waals surface area contributed by atoms with Crippen molar-refractivity contribution in [2.75, 3.05) is 7.11 Å². The highest BCUT2D eigenvalue weighted by molar-refractivity contribution is 5.86. The van der Waals surface area contributed by atoms with E-state index in [1.807, 2.05) is 13.8 Å². The molecular weight excluding hydrogens is 783 g/mol. The molecule has 1 aromatic rings. The molecule has 1 amide bonds. The summed E-state index contributed by atoms with van der Waals surface area (Å²) in [6.45, 7) is 18.7. The van der Waals surface area contributed by atoms with Gasteiger partial charge in [0.1, 0.15) is 6.10 Å². The molecule has 4 aliphatic carbocycles. The van der Waals surface area contributed by atoms with Gasteiger partial charge in [0.15, 0.2) is 12.1 Å². The molecule has 0 aliphatic heterocycles. The number of benzene rings is 1. The maximum atomic E-state index is 13.6. The van der Waals surface area contributed by atoms with Gasteiger partial charge in [-0.05, 0) is 106 Å². The number of rotatable bonds is 15. The summed E-state index contributed by atoms with van der Waals surface area (Å²) in [4.78, 5) is 51.9. The van der Waals surface area contributed by atoms with Crippen LogP contribution in [0.25, 0.3) is 0 Å². The number of amides is 1. The van der Waals surface area contributed by atoms with Crippen molar-refractivity contribution in [1.29, 1.82) is 0 Å². The van der Waals surface area contributed by atoms with Crippen molar-refractivity contribution in [3.8, 4) is 0 Å². The Morgan fingerprint density at radius 1 is 0.934 bits per heavy atom. The van der Waals surface area contributed by atoms with Crippen LogP contribution in [-0.2, 0) is 33.4 Å². The van der Waals surface area contributed by atoms with Gasteiger partial charge in [-0.25, -0.2) is 4.79 Å². The normalized spacial score (nSPS) is 33.7. The van der Waals surface area contributed by atoms with Crippen molar-refractivity contribution in [1.82, 2.24) is 5.32 Å². The Kier molecular flexibility index (Phi) is 14.1. The number of hydrogen-bond donors (Lipinski definition) is 6. The van der Waals surface area contributed by atoms with Crippen molar-refractivity contribution in [3.63, 3.8) is 0 Å². The lowest BCUT2D eigenvalue weighted by Crippen LogP contribution is -2.62. The molecule has 5 rings (SSSR count). The maximum absolute atomic E-state index is 13.6. The van der Waals surface area contributed by atoms with Crippen LogP contribution in [0.4, 0.5) is 0 Å². The zero-order valence-corrected chi connectivity index (χ0v) is 38.2. The average molecular weight is 856 g/mol. The van der Waals surface area contributed by atoms with E-state index in [0.717, 1.165) is 39.2 Å². The van der Waals surface area contributed by atoms with Crippen LogP contribution in [0.15, 0.2) is 41.5 Å². The Morgan fingerprint density at radius 3 is 2.16 bits per heavy atom. The second-order valence-corrected chi connectivity index (χ2v) is 21.0. The molecule has 2 saturated carbocycles. The molecule has 13 unspecified atom stereocenters. The number of hydrogen-bond acceptors (Lipinski definition) is 12. The lowest BCUT2D eigenvalue weighted by Gasteiger charge is -2.64. The van der Waals surface area contributed by atoms with Gasteiger partial charge in [-0.1, -0.05) is 83.0 Å². The fourth-order valence-corrected chi connectivity index (χ4v) is 12.6. The predicted molar refractivity (Wildman–Crippen MR) is 227 cm³/mol. The highest BCUT2D eigenvalue weighted by Crippen LogP contribution is 2.72. The van der Waals surface area contributed by atoms with Gasteiger partial charge in [0.05, 0.1) is 49.5 Å². The number of carbonyl (C=O) groups excluding carboxylic acids is 4. The molecule has 13 nitrogen and oxygen atoms in total. The molecule has 0 bridgehead atoms. The number of nitrogens with one attached hydrogen (secondary N) is 1. The minimum Gasteiger partial charge on any atom is -0.467 e. The topological polar surface area (TPSA) is 209 Å². The number of aliphatic hydroxyl groups excluding tert-OH is 3. The first-order valence-electron chi connectivity index (χ1n) is 22.1. The average Bonchev–Trinajstić information content (AvgIpc) is 3.45. The van der Waals surface area contributed by atoms with E-state index < -0.39 is 101 Å². The highest BCUT2D eigenvalue weighted by Gasteiger charge is 2.67. The summed E-state index contributed by atoms with van der Waals surface area (Å²) in [6.07, 6.45) is -0.265. The highest BCUT2D eigenvalue weighted by atomic mass is 16.6. The molecular formula is C48H73NO12. The second-order valence-electron chi connectivity index (χ2n) is 21.0. The number of aliphatic hydroxyl groups is 5. The molecule has 13 atom stereocenters. The Balaban J connectivity index is 1.29. The van der Waals surface area contributed by atoms with Crippen LogP contribution in [0.5, 0.6) is 0 Å². The minimum atomic E-state index is -1.92. The number of ether oxygens (including phenoxy) is 3. The smallest absolute Gasteiger partial charge is 0.332 e. The van der Waals surface area contributed by atoms with Gasteiger partial charge in [0.2, 0.25) is 5.91 Å². The maximum Gasteiger partial charge on any atom is 0.332 e. The van der Waals surface area contributed by atoms with Crippen molar-refractivity contribution in [2.24, 2.45) is 39.4 Å². The molecule has 13 heteroatoms. The Bertz CT molecular complexity index is 1820. The van der Waals surface area contributed by atoms with Crippen LogP contribution in [0.3, 0.4) is 0 Å². The Hall–Kier alpha value is -3.36. The third kappa shape index (κ3) is 9.33. The Labute approximate surface area is 362 Å². The summed E-state index contributed by atoms with van der Waals surface area (Å²) in [5, 5.41) is 59.0. The van der Waals surface area contributed by atoms with E-state index >= 15 is 0 Å². The zero-order valence-electron chi connectivity index (χ0n) is 38.2. The molecule has 1 aromatic carbocycles. The molecule has 0 aromatic heterocycles. The van der Waals surface area contributed by atoms with Gasteiger partial charge in [0.25, 0.3) is 0 Å². The lowest BCUT2D eigenvalue weighted by atomic mass is 9.42. The van der Waals surface area contributed by atoms with Gasteiger partial charge in [-0.15, -0.1) is 0 Å². The number of esters is 3. The molecule has 6 N–H and O–H groups in total. The summed E-state index contributed by atoms with van der Waals surface area (Å²) in [7, 11) is 1.13. The number of allylic oxidation sites excluding steroid dienone is 1. The molecule has 0 saturated heterocycles. The molecule has 2 fully saturated rings. The van der Waals surface area contributed by atoms with Crippen molar-refractivity contribution in [2.45, 2.75) is 181 Å². The first-order chi connectivity index (χ1) is 28.1. The summed E-state index contributed by atoms with van der Waals surface area (Å²) in [5.74, 6) is -2.71. The summed E-state index contributed by atoms with van der Waals surface area (Å²) < 4.78 is 16.4. The number of fused-ring (bicyclic) bond motifs is 4. The van der Waals surface area contributed by atoms with Crippen LogP contribution in [0.1, 0.15) is 145 Å². The molecule has 4 aliphatic rings.